The zero-order valence-corrected chi connectivity index (χ0v) is 11.5. The van der Waals surface area contributed by atoms with E-state index in [0.29, 0.717) is 12.1 Å². The molecule has 0 radical (unpaired) electrons. The van der Waals surface area contributed by atoms with Gasteiger partial charge in [-0.2, -0.15) is 0 Å². The maximum atomic E-state index is 13.9. The normalized spacial score (nSPS) is 10.7. The SMILES string of the molecule is CCCc1cccc(-c2ccc(CNC)c(F)c2)c1. The van der Waals surface area contributed by atoms with Crippen LogP contribution < -0.4 is 5.32 Å². The molecule has 2 rings (SSSR count). The summed E-state index contributed by atoms with van der Waals surface area (Å²) in [6.45, 7) is 2.72. The van der Waals surface area contributed by atoms with Gasteiger partial charge in [0.1, 0.15) is 5.82 Å². The van der Waals surface area contributed by atoms with E-state index in [1.807, 2.05) is 31.3 Å². The molecule has 2 heteroatoms. The summed E-state index contributed by atoms with van der Waals surface area (Å²) in [7, 11) is 1.82. The Labute approximate surface area is 114 Å². The van der Waals surface area contributed by atoms with Crippen molar-refractivity contribution in [1.29, 1.82) is 0 Å². The Hall–Kier alpha value is -1.67. The molecule has 0 bridgehead atoms. The van der Waals surface area contributed by atoms with Crippen molar-refractivity contribution in [3.05, 3.63) is 59.4 Å². The first-order valence-electron chi connectivity index (χ1n) is 6.77. The number of rotatable bonds is 5. The lowest BCUT2D eigenvalue weighted by Gasteiger charge is -2.08. The van der Waals surface area contributed by atoms with E-state index in [1.165, 1.54) is 5.56 Å². The van der Waals surface area contributed by atoms with Crippen LogP contribution in [0.15, 0.2) is 42.5 Å². The standard InChI is InChI=1S/C17H20FN/c1-3-5-13-6-4-7-14(10-13)15-8-9-16(12-19-2)17(18)11-15/h4,6-11,19H,3,5,12H2,1-2H3. The third kappa shape index (κ3) is 3.42. The van der Waals surface area contributed by atoms with Gasteiger partial charge < -0.3 is 5.32 Å². The van der Waals surface area contributed by atoms with Gasteiger partial charge in [0.2, 0.25) is 0 Å². The first kappa shape index (κ1) is 13.8. The molecular formula is C17H20FN. The van der Waals surface area contributed by atoms with Crippen molar-refractivity contribution in [2.24, 2.45) is 0 Å². The van der Waals surface area contributed by atoms with E-state index in [9.17, 15) is 4.39 Å². The molecule has 0 fully saturated rings. The van der Waals surface area contributed by atoms with Gasteiger partial charge in [0.15, 0.2) is 0 Å². The Bertz CT molecular complexity index is 549. The molecule has 0 amide bonds. The van der Waals surface area contributed by atoms with Gasteiger partial charge in [-0.25, -0.2) is 4.39 Å². The lowest BCUT2D eigenvalue weighted by atomic mass is 10.00. The number of halogens is 1. The third-order valence-corrected chi connectivity index (χ3v) is 3.22. The highest BCUT2D eigenvalue weighted by molar-refractivity contribution is 5.64. The van der Waals surface area contributed by atoms with Crippen LogP contribution in [0.5, 0.6) is 0 Å². The van der Waals surface area contributed by atoms with Gasteiger partial charge in [0, 0.05) is 12.1 Å². The molecule has 0 aliphatic carbocycles. The minimum absolute atomic E-state index is 0.146. The molecule has 19 heavy (non-hydrogen) atoms. The molecule has 0 spiro atoms. The zero-order valence-electron chi connectivity index (χ0n) is 11.5. The van der Waals surface area contributed by atoms with Crippen LogP contribution in [0.2, 0.25) is 0 Å². The Morgan fingerprint density at radius 3 is 2.53 bits per heavy atom. The van der Waals surface area contributed by atoms with E-state index in [-0.39, 0.29) is 5.82 Å². The molecule has 1 N–H and O–H groups in total. The van der Waals surface area contributed by atoms with Crippen molar-refractivity contribution in [3.63, 3.8) is 0 Å². The molecule has 100 valence electrons. The van der Waals surface area contributed by atoms with Gasteiger partial charge in [0.05, 0.1) is 0 Å². The van der Waals surface area contributed by atoms with Crippen molar-refractivity contribution < 1.29 is 4.39 Å². The van der Waals surface area contributed by atoms with Crippen LogP contribution in [0.4, 0.5) is 4.39 Å². The van der Waals surface area contributed by atoms with Crippen LogP contribution in [-0.2, 0) is 13.0 Å². The second-order valence-corrected chi connectivity index (χ2v) is 4.79. The Morgan fingerprint density at radius 1 is 1.05 bits per heavy atom. The van der Waals surface area contributed by atoms with Crippen LogP contribution in [0.25, 0.3) is 11.1 Å². The van der Waals surface area contributed by atoms with Gasteiger partial charge in [-0.15, -0.1) is 0 Å². The van der Waals surface area contributed by atoms with Gasteiger partial charge in [0.25, 0.3) is 0 Å². The first-order valence-corrected chi connectivity index (χ1v) is 6.77. The number of benzene rings is 2. The third-order valence-electron chi connectivity index (χ3n) is 3.22. The van der Waals surface area contributed by atoms with Gasteiger partial charge in [-0.05, 0) is 36.2 Å². The molecule has 0 saturated heterocycles. The van der Waals surface area contributed by atoms with Gasteiger partial charge in [-0.1, -0.05) is 49.7 Å². The molecule has 0 atom stereocenters. The Morgan fingerprint density at radius 2 is 1.84 bits per heavy atom. The smallest absolute Gasteiger partial charge is 0.128 e. The fourth-order valence-electron chi connectivity index (χ4n) is 2.26. The fourth-order valence-corrected chi connectivity index (χ4v) is 2.26. The second kappa shape index (κ2) is 6.48. The molecule has 0 aliphatic heterocycles. The van der Waals surface area contributed by atoms with Crippen LogP contribution in [0.1, 0.15) is 24.5 Å². The second-order valence-electron chi connectivity index (χ2n) is 4.79. The summed E-state index contributed by atoms with van der Waals surface area (Å²) in [6, 6.07) is 13.8. The molecule has 1 nitrogen and oxygen atoms in total. The van der Waals surface area contributed by atoms with Crippen LogP contribution in [0.3, 0.4) is 0 Å². The molecule has 0 aliphatic rings. The van der Waals surface area contributed by atoms with E-state index in [0.717, 1.165) is 24.0 Å². The van der Waals surface area contributed by atoms with E-state index in [2.05, 4.69) is 24.4 Å². The van der Waals surface area contributed by atoms with Crippen LogP contribution in [0, 0.1) is 5.82 Å². The molecule has 2 aromatic rings. The summed E-state index contributed by atoms with van der Waals surface area (Å²) in [5, 5.41) is 2.97. The number of nitrogens with one attached hydrogen (secondary N) is 1. The van der Waals surface area contributed by atoms with Crippen LogP contribution in [-0.4, -0.2) is 7.05 Å². The van der Waals surface area contributed by atoms with Crippen molar-refractivity contribution >= 4 is 0 Å². The van der Waals surface area contributed by atoms with Crippen molar-refractivity contribution in [3.8, 4) is 11.1 Å². The largest absolute Gasteiger partial charge is 0.316 e. The van der Waals surface area contributed by atoms with E-state index >= 15 is 0 Å². The average molecular weight is 257 g/mol. The molecule has 0 aromatic heterocycles. The quantitative estimate of drug-likeness (QED) is 0.848. The minimum atomic E-state index is -0.146. The van der Waals surface area contributed by atoms with Crippen molar-refractivity contribution in [1.82, 2.24) is 5.32 Å². The maximum absolute atomic E-state index is 13.9. The number of hydrogen-bond acceptors (Lipinski definition) is 1. The van der Waals surface area contributed by atoms with Gasteiger partial charge in [-0.3, -0.25) is 0 Å². The fraction of sp³-hybridized carbons (Fsp3) is 0.294. The summed E-state index contributed by atoms with van der Waals surface area (Å²) in [6.07, 6.45) is 2.19. The van der Waals surface area contributed by atoms with E-state index in [1.54, 1.807) is 6.07 Å². The highest BCUT2D eigenvalue weighted by atomic mass is 19.1. The summed E-state index contributed by atoms with van der Waals surface area (Å²) < 4.78 is 13.9. The predicted octanol–water partition coefficient (Wildman–Crippen LogP) is 4.16. The highest BCUT2D eigenvalue weighted by Gasteiger charge is 2.05. The molecule has 0 heterocycles. The summed E-state index contributed by atoms with van der Waals surface area (Å²) in [5.74, 6) is -0.146. The number of hydrogen-bond donors (Lipinski definition) is 1. The monoisotopic (exact) mass is 257 g/mol. The number of aryl methyl sites for hydroxylation is 1. The maximum Gasteiger partial charge on any atom is 0.128 e. The minimum Gasteiger partial charge on any atom is -0.316 e. The lowest BCUT2D eigenvalue weighted by molar-refractivity contribution is 0.601. The van der Waals surface area contributed by atoms with E-state index < -0.39 is 0 Å². The van der Waals surface area contributed by atoms with E-state index in [4.69, 9.17) is 0 Å². The Balaban J connectivity index is 2.31. The lowest BCUT2D eigenvalue weighted by Crippen LogP contribution is -2.06. The summed E-state index contributed by atoms with van der Waals surface area (Å²) in [5.41, 5.74) is 4.03. The predicted molar refractivity (Wildman–Crippen MR) is 78.6 cm³/mol. The Kier molecular flexibility index (Phi) is 4.69. The molecule has 0 saturated carbocycles. The first-order chi connectivity index (χ1) is 9.24. The van der Waals surface area contributed by atoms with Crippen LogP contribution >= 0.6 is 0 Å². The van der Waals surface area contributed by atoms with Crippen molar-refractivity contribution in [2.75, 3.05) is 7.05 Å². The van der Waals surface area contributed by atoms with Gasteiger partial charge >= 0.3 is 0 Å². The average Bonchev–Trinajstić information content (AvgIpc) is 2.42. The molecular weight excluding hydrogens is 237 g/mol. The summed E-state index contributed by atoms with van der Waals surface area (Å²) in [4.78, 5) is 0. The highest BCUT2D eigenvalue weighted by Crippen LogP contribution is 2.23. The molecule has 2 aromatic carbocycles. The zero-order chi connectivity index (χ0) is 13.7. The van der Waals surface area contributed by atoms with Crippen molar-refractivity contribution in [2.45, 2.75) is 26.3 Å². The molecule has 0 unspecified atom stereocenters. The topological polar surface area (TPSA) is 12.0 Å². The summed E-state index contributed by atoms with van der Waals surface area (Å²) >= 11 is 0.